The molecule has 7 nitrogen and oxygen atoms in total. The molecule has 0 radical (unpaired) electrons. The third-order valence-electron chi connectivity index (χ3n) is 3.31. The number of H-pyrrole nitrogens is 1. The molecule has 21 heavy (non-hydrogen) atoms. The van der Waals surface area contributed by atoms with Gasteiger partial charge in [0.1, 0.15) is 12.7 Å². The molecule has 114 valence electrons. The molecule has 0 bridgehead atoms. The van der Waals surface area contributed by atoms with E-state index in [2.05, 4.69) is 4.74 Å². The van der Waals surface area contributed by atoms with Crippen LogP contribution in [-0.4, -0.2) is 50.1 Å². The van der Waals surface area contributed by atoms with Gasteiger partial charge in [0.05, 0.1) is 6.54 Å². The van der Waals surface area contributed by atoms with Gasteiger partial charge in [0, 0.05) is 12.3 Å². The van der Waals surface area contributed by atoms with Gasteiger partial charge in [0.2, 0.25) is 5.67 Å². The van der Waals surface area contributed by atoms with Gasteiger partial charge in [-0.1, -0.05) is 5.92 Å². The number of aliphatic hydroxyl groups excluding tert-OH is 2. The number of hydrogen-bond acceptors (Lipinski definition) is 5. The van der Waals surface area contributed by atoms with E-state index in [9.17, 15) is 23.5 Å². The molecule has 0 amide bonds. The number of hydrogen-bond donors (Lipinski definition) is 3. The zero-order valence-electron chi connectivity index (χ0n) is 10.6. The van der Waals surface area contributed by atoms with Crippen LogP contribution in [0.4, 0.5) is 8.78 Å². The molecule has 2 heterocycles. The second-order valence-corrected chi connectivity index (χ2v) is 4.63. The normalized spacial score (nSPS) is 35.6. The highest BCUT2D eigenvalue weighted by atomic mass is 19.2. The predicted molar refractivity (Wildman–Crippen MR) is 65.8 cm³/mol. The zero-order chi connectivity index (χ0) is 15.8. The number of nitrogens with zero attached hydrogens (tertiary/aromatic N) is 1. The molecule has 0 unspecified atom stereocenters. The molecule has 3 N–H and O–H groups in total. The highest BCUT2D eigenvalue weighted by molar-refractivity contribution is 5.22. The van der Waals surface area contributed by atoms with Gasteiger partial charge in [-0.2, -0.15) is 0 Å². The summed E-state index contributed by atoms with van der Waals surface area (Å²) in [6.07, 6.45) is 1.89. The van der Waals surface area contributed by atoms with Gasteiger partial charge in [-0.15, -0.1) is 6.42 Å². The Morgan fingerprint density at radius 3 is 2.71 bits per heavy atom. The largest absolute Gasteiger partial charge is 0.390 e. The number of rotatable bonds is 3. The van der Waals surface area contributed by atoms with Crippen molar-refractivity contribution in [2.45, 2.75) is 30.3 Å². The van der Waals surface area contributed by atoms with Gasteiger partial charge < -0.3 is 14.9 Å². The lowest BCUT2D eigenvalue weighted by molar-refractivity contribution is -0.197. The summed E-state index contributed by atoms with van der Waals surface area (Å²) in [4.78, 5) is 24.4. The lowest BCUT2D eigenvalue weighted by atomic mass is 9.92. The van der Waals surface area contributed by atoms with Crippen LogP contribution in [0.5, 0.6) is 0 Å². The summed E-state index contributed by atoms with van der Waals surface area (Å²) in [6, 6.07) is 0.997. The Hall–Kier alpha value is -2.02. The molecule has 2 rings (SSSR count). The van der Waals surface area contributed by atoms with Crippen molar-refractivity contribution >= 4 is 0 Å². The van der Waals surface area contributed by atoms with Crippen LogP contribution >= 0.6 is 0 Å². The Bertz CT molecular complexity index is 696. The number of alkyl halides is 2. The summed E-state index contributed by atoms with van der Waals surface area (Å²) in [5.41, 5.74) is -4.48. The van der Waals surface area contributed by atoms with Crippen molar-refractivity contribution in [3.8, 4) is 12.3 Å². The van der Waals surface area contributed by atoms with Crippen molar-refractivity contribution in [2.24, 2.45) is 0 Å². The van der Waals surface area contributed by atoms with Crippen molar-refractivity contribution in [3.05, 3.63) is 33.1 Å². The van der Waals surface area contributed by atoms with Crippen LogP contribution in [0.2, 0.25) is 0 Å². The van der Waals surface area contributed by atoms with Gasteiger partial charge in [-0.05, 0) is 0 Å². The Morgan fingerprint density at radius 1 is 1.52 bits per heavy atom. The van der Waals surface area contributed by atoms with Crippen LogP contribution in [0.25, 0.3) is 0 Å². The van der Waals surface area contributed by atoms with Gasteiger partial charge in [0.25, 0.3) is 11.4 Å². The zero-order valence-corrected chi connectivity index (χ0v) is 10.6. The van der Waals surface area contributed by atoms with Crippen LogP contribution in [-0.2, 0) is 11.3 Å². The highest BCUT2D eigenvalue weighted by Crippen LogP contribution is 2.42. The van der Waals surface area contributed by atoms with E-state index < -0.39 is 48.1 Å². The summed E-state index contributed by atoms with van der Waals surface area (Å²) < 4.78 is 34.1. The maximum absolute atomic E-state index is 14.5. The minimum absolute atomic E-state index is 0.557. The quantitative estimate of drug-likeness (QED) is 0.577. The van der Waals surface area contributed by atoms with Crippen molar-refractivity contribution in [1.82, 2.24) is 9.55 Å². The van der Waals surface area contributed by atoms with E-state index in [1.807, 2.05) is 4.98 Å². The first-order valence-corrected chi connectivity index (χ1v) is 5.89. The SMILES string of the molecule is C#C[C@]1(F)[C@H](Cn2ccc(=O)[nH]c2=O)O[C@](F)(CO)[C@H]1O. The van der Waals surface area contributed by atoms with E-state index >= 15 is 0 Å². The first kappa shape index (κ1) is 15.4. The van der Waals surface area contributed by atoms with Gasteiger partial charge in [-0.3, -0.25) is 14.3 Å². The molecule has 1 fully saturated rings. The number of aromatic amines is 1. The average molecular weight is 302 g/mol. The van der Waals surface area contributed by atoms with Crippen LogP contribution in [0.1, 0.15) is 0 Å². The number of ether oxygens (including phenoxy) is 1. The fourth-order valence-corrected chi connectivity index (χ4v) is 2.11. The molecule has 1 aliphatic heterocycles. The second kappa shape index (κ2) is 5.07. The number of nitrogens with one attached hydrogen (secondary N) is 1. The van der Waals surface area contributed by atoms with E-state index in [1.54, 1.807) is 5.92 Å². The lowest BCUT2D eigenvalue weighted by Gasteiger charge is -2.23. The average Bonchev–Trinajstić information content (AvgIpc) is 2.65. The topological polar surface area (TPSA) is 105 Å². The smallest absolute Gasteiger partial charge is 0.328 e. The Labute approximate surface area is 116 Å². The Balaban J connectivity index is 2.37. The molecule has 4 atom stereocenters. The molecule has 0 spiro atoms. The van der Waals surface area contributed by atoms with Crippen molar-refractivity contribution in [2.75, 3.05) is 6.61 Å². The van der Waals surface area contributed by atoms with E-state index in [-0.39, 0.29) is 0 Å². The van der Waals surface area contributed by atoms with Crippen LogP contribution in [0.15, 0.2) is 21.9 Å². The first-order valence-electron chi connectivity index (χ1n) is 5.89. The highest BCUT2D eigenvalue weighted by Gasteiger charge is 2.65. The van der Waals surface area contributed by atoms with E-state index in [4.69, 9.17) is 11.5 Å². The first-order chi connectivity index (χ1) is 9.76. The number of terminal acetylenes is 1. The summed E-state index contributed by atoms with van der Waals surface area (Å²) >= 11 is 0. The molecule has 0 saturated carbocycles. The number of aromatic nitrogens is 2. The number of aliphatic hydroxyl groups is 2. The Morgan fingerprint density at radius 2 is 2.19 bits per heavy atom. The third-order valence-corrected chi connectivity index (χ3v) is 3.31. The molecule has 9 heteroatoms. The lowest BCUT2D eigenvalue weighted by Crippen LogP contribution is -2.48. The maximum Gasteiger partial charge on any atom is 0.328 e. The minimum Gasteiger partial charge on any atom is -0.390 e. The molecule has 1 saturated heterocycles. The molecular weight excluding hydrogens is 290 g/mol. The van der Waals surface area contributed by atoms with Crippen molar-refractivity contribution in [3.63, 3.8) is 0 Å². The van der Waals surface area contributed by atoms with Gasteiger partial charge in [-0.25, -0.2) is 13.6 Å². The van der Waals surface area contributed by atoms with Crippen LogP contribution in [0.3, 0.4) is 0 Å². The van der Waals surface area contributed by atoms with Gasteiger partial charge in [0.15, 0.2) is 6.10 Å². The van der Waals surface area contributed by atoms with Crippen molar-refractivity contribution in [1.29, 1.82) is 0 Å². The van der Waals surface area contributed by atoms with Crippen LogP contribution in [0, 0.1) is 12.3 Å². The van der Waals surface area contributed by atoms with E-state index in [1.165, 1.54) is 0 Å². The predicted octanol–water partition coefficient (Wildman–Crippen LogP) is -1.70. The maximum atomic E-state index is 14.5. The summed E-state index contributed by atoms with van der Waals surface area (Å²) in [5.74, 6) is -1.47. The fourth-order valence-electron chi connectivity index (χ4n) is 2.11. The monoisotopic (exact) mass is 302 g/mol. The minimum atomic E-state index is -3.07. The van der Waals surface area contributed by atoms with Crippen LogP contribution < -0.4 is 11.2 Å². The fraction of sp³-hybridized carbons (Fsp3) is 0.500. The second-order valence-electron chi connectivity index (χ2n) is 4.63. The number of halogens is 2. The standard InChI is InChI=1S/C12H12F2N2O5/c1-2-11(13)7(21-12(14,6-17)9(11)19)5-16-4-3-8(18)15-10(16)20/h1,3-4,7,9,17,19H,5-6H2,(H,15,18,20)/t7-,9-,11-,12+/m0/s1. The summed E-state index contributed by atoms with van der Waals surface area (Å²) in [5, 5.41) is 18.5. The molecule has 0 aliphatic carbocycles. The van der Waals surface area contributed by atoms with Crippen molar-refractivity contribution < 1.29 is 23.7 Å². The van der Waals surface area contributed by atoms with E-state index in [0.29, 0.717) is 0 Å². The molecule has 1 aromatic heterocycles. The van der Waals surface area contributed by atoms with Gasteiger partial charge >= 0.3 is 5.69 Å². The molecule has 0 aromatic carbocycles. The summed E-state index contributed by atoms with van der Waals surface area (Å²) in [7, 11) is 0. The Kier molecular flexibility index (Phi) is 3.71. The molecule has 1 aromatic rings. The summed E-state index contributed by atoms with van der Waals surface area (Å²) in [6.45, 7) is -1.86. The third kappa shape index (κ3) is 2.37. The molecule has 1 aliphatic rings. The van der Waals surface area contributed by atoms with E-state index in [0.717, 1.165) is 16.8 Å². The molecular formula is C12H12F2N2O5.